The molecule has 11 N–H and O–H groups in total. The van der Waals surface area contributed by atoms with Gasteiger partial charge in [0, 0.05) is 61.8 Å². The van der Waals surface area contributed by atoms with Crippen molar-refractivity contribution < 1.29 is 24.6 Å². The van der Waals surface area contributed by atoms with Crippen molar-refractivity contribution in [2.75, 3.05) is 11.1 Å². The van der Waals surface area contributed by atoms with Gasteiger partial charge in [-0.1, -0.05) is 0 Å². The number of nitrogens with two attached hydrogens (primary N) is 1. The summed E-state index contributed by atoms with van der Waals surface area (Å²) in [6.07, 6.45) is 16.9. The Morgan fingerprint density at radius 3 is 1.30 bits per heavy atom. The standard InChI is InChI=1S/2C20H14N4.C19H19N7O6/c2*1-2-14-10-16-5-6-18(23-16)12-20-8-7-19(24-20)11-17-4-3-15(22-17)9-13(1)21-14;20-19-25-15-14(17(30)26-19)23-11(8-22-15)7-21-10-3-1-9(2-4-10)16(29)24-12(18(31)32)5-6-13(27)28/h2*1-12,21-22H;1-4,8,12,21H,5-7H2,(H,24,29)(H,27,28)(H,31,32)(H3,20,22,25,26,30)/t;;12-/m..0/s1. The van der Waals surface area contributed by atoms with Crippen molar-refractivity contribution in [1.29, 1.82) is 0 Å². The number of carbonyl (C=O) groups excluding carboxylic acids is 1. The largest absolute Gasteiger partial charge is 0.481 e. The Morgan fingerprint density at radius 1 is 0.500 bits per heavy atom. The molecular formula is C59H47N15O6. The molecule has 80 heavy (non-hydrogen) atoms. The Bertz CT molecular complexity index is 4080. The zero-order chi connectivity index (χ0) is 55.1. The predicted octanol–water partition coefficient (Wildman–Crippen LogP) is 9.27. The fraction of sp³-hybridized carbons (Fsp3) is 0.0678. The number of carbonyl (C=O) groups is 3. The van der Waals surface area contributed by atoms with Gasteiger partial charge in [-0.05, 0) is 176 Å². The minimum Gasteiger partial charge on any atom is -0.481 e. The molecule has 1 atom stereocenters. The molecule has 0 aliphatic carbocycles. The summed E-state index contributed by atoms with van der Waals surface area (Å²) in [5.74, 6) is -3.16. The molecule has 0 saturated carbocycles. The second kappa shape index (κ2) is 22.5. The third-order valence-electron chi connectivity index (χ3n) is 12.4. The van der Waals surface area contributed by atoms with Crippen molar-refractivity contribution in [1.82, 2.24) is 65.1 Å². The van der Waals surface area contributed by atoms with Gasteiger partial charge in [0.2, 0.25) is 5.95 Å². The summed E-state index contributed by atoms with van der Waals surface area (Å²) in [5.41, 5.74) is 22.2. The number of nitrogen functional groups attached to an aromatic ring is 1. The van der Waals surface area contributed by atoms with Crippen LogP contribution >= 0.6 is 0 Å². The summed E-state index contributed by atoms with van der Waals surface area (Å²) >= 11 is 0. The van der Waals surface area contributed by atoms with E-state index in [2.05, 4.69) is 131 Å². The lowest BCUT2D eigenvalue weighted by molar-refractivity contribution is -0.140. The molecule has 0 unspecified atom stereocenters. The van der Waals surface area contributed by atoms with Crippen LogP contribution in [0.2, 0.25) is 0 Å². The van der Waals surface area contributed by atoms with E-state index >= 15 is 0 Å². The van der Waals surface area contributed by atoms with E-state index in [1.165, 1.54) is 18.3 Å². The first-order valence-corrected chi connectivity index (χ1v) is 25.0. The quantitative estimate of drug-likeness (QED) is 0.0644. The lowest BCUT2D eigenvalue weighted by atomic mass is 10.1. The molecule has 12 heterocycles. The monoisotopic (exact) mass is 1060 g/mol. The summed E-state index contributed by atoms with van der Waals surface area (Å²) < 4.78 is 0. The van der Waals surface area contributed by atoms with Gasteiger partial charge in [0.1, 0.15) is 6.04 Å². The molecule has 8 aromatic heterocycles. The van der Waals surface area contributed by atoms with Crippen LogP contribution in [0.3, 0.4) is 0 Å². The molecule has 13 rings (SSSR count). The van der Waals surface area contributed by atoms with E-state index in [9.17, 15) is 19.2 Å². The van der Waals surface area contributed by atoms with Gasteiger partial charge in [-0.2, -0.15) is 4.98 Å². The number of fused-ring (bicyclic) bond motifs is 17. The molecule has 21 nitrogen and oxygen atoms in total. The molecule has 4 aliphatic rings. The minimum atomic E-state index is -1.31. The van der Waals surface area contributed by atoms with Crippen LogP contribution in [0, 0.1) is 0 Å². The number of hydrogen-bond donors (Lipinski definition) is 10. The highest BCUT2D eigenvalue weighted by atomic mass is 16.4. The molecular weight excluding hydrogens is 1010 g/mol. The van der Waals surface area contributed by atoms with Crippen molar-refractivity contribution in [3.63, 3.8) is 0 Å². The summed E-state index contributed by atoms with van der Waals surface area (Å²) in [4.78, 5) is 92.6. The van der Waals surface area contributed by atoms with Gasteiger partial charge in [0.05, 0.1) is 64.0 Å². The molecule has 0 saturated heterocycles. The maximum Gasteiger partial charge on any atom is 0.326 e. The highest BCUT2D eigenvalue weighted by Gasteiger charge is 2.22. The molecule has 1 aromatic carbocycles. The van der Waals surface area contributed by atoms with Crippen LogP contribution in [0.4, 0.5) is 11.6 Å². The average Bonchev–Trinajstić information content (AvgIpc) is 4.31. The summed E-state index contributed by atoms with van der Waals surface area (Å²) in [6, 6.07) is 37.7. The van der Waals surface area contributed by atoms with Gasteiger partial charge >= 0.3 is 11.9 Å². The van der Waals surface area contributed by atoms with Crippen LogP contribution in [0.5, 0.6) is 0 Å². The van der Waals surface area contributed by atoms with Crippen LogP contribution < -0.4 is 21.9 Å². The van der Waals surface area contributed by atoms with Crippen LogP contribution in [-0.4, -0.2) is 93.9 Å². The Kier molecular flexibility index (Phi) is 14.3. The molecule has 9 aromatic rings. The predicted molar refractivity (Wildman–Crippen MR) is 310 cm³/mol. The first-order chi connectivity index (χ1) is 38.8. The topological polar surface area (TPSA) is 328 Å². The molecule has 0 fully saturated rings. The van der Waals surface area contributed by atoms with E-state index in [1.54, 1.807) is 12.1 Å². The van der Waals surface area contributed by atoms with E-state index in [-0.39, 0.29) is 42.1 Å². The lowest BCUT2D eigenvalue weighted by Gasteiger charge is -2.14. The number of rotatable bonds is 9. The number of hydrogen-bond acceptors (Lipinski definition) is 13. The van der Waals surface area contributed by atoms with Gasteiger partial charge in [-0.25, -0.2) is 34.7 Å². The number of benzene rings is 1. The number of aliphatic carboxylic acids is 2. The van der Waals surface area contributed by atoms with Crippen molar-refractivity contribution in [3.05, 3.63) is 195 Å². The number of nitrogens with one attached hydrogen (secondary N) is 7. The minimum absolute atomic E-state index is 0.0524. The average molecular weight is 1060 g/mol. The second-order valence-electron chi connectivity index (χ2n) is 18.5. The maximum absolute atomic E-state index is 12.3. The summed E-state index contributed by atoms with van der Waals surface area (Å²) in [5, 5.41) is 23.2. The zero-order valence-corrected chi connectivity index (χ0v) is 42.2. The molecule has 4 aliphatic heterocycles. The molecule has 0 spiro atoms. The molecule has 0 radical (unpaired) electrons. The Labute approximate surface area is 452 Å². The van der Waals surface area contributed by atoms with Gasteiger partial charge in [0.15, 0.2) is 11.2 Å². The van der Waals surface area contributed by atoms with Crippen molar-refractivity contribution >= 4 is 133 Å². The normalized spacial score (nSPS) is 12.2. The molecule has 394 valence electrons. The number of nitrogens with zero attached hydrogens (tertiary/aromatic N) is 7. The Balaban J connectivity index is 0.000000128. The first-order valence-electron chi connectivity index (χ1n) is 25.0. The summed E-state index contributed by atoms with van der Waals surface area (Å²) in [7, 11) is 0. The number of aromatic amines is 5. The zero-order valence-electron chi connectivity index (χ0n) is 42.2. The third-order valence-corrected chi connectivity index (χ3v) is 12.4. The van der Waals surface area contributed by atoms with Crippen molar-refractivity contribution in [2.45, 2.75) is 25.4 Å². The first kappa shape index (κ1) is 50.8. The number of H-pyrrole nitrogens is 5. The highest BCUT2D eigenvalue weighted by Crippen LogP contribution is 2.20. The van der Waals surface area contributed by atoms with E-state index in [1.807, 2.05) is 85.0 Å². The second-order valence-corrected chi connectivity index (χ2v) is 18.5. The number of aromatic nitrogens is 12. The van der Waals surface area contributed by atoms with Gasteiger partial charge in [-0.15, -0.1) is 0 Å². The van der Waals surface area contributed by atoms with Crippen molar-refractivity contribution in [3.8, 4) is 0 Å². The van der Waals surface area contributed by atoms with Crippen LogP contribution in [-0.2, 0) is 16.1 Å². The van der Waals surface area contributed by atoms with Crippen LogP contribution in [0.25, 0.3) is 104 Å². The lowest BCUT2D eigenvalue weighted by Crippen LogP contribution is -2.41. The smallest absolute Gasteiger partial charge is 0.326 e. The van der Waals surface area contributed by atoms with E-state index in [4.69, 9.17) is 15.9 Å². The Morgan fingerprint density at radius 2 is 0.900 bits per heavy atom. The molecule has 21 heteroatoms. The number of amides is 1. The maximum atomic E-state index is 12.3. The van der Waals surface area contributed by atoms with E-state index in [0.717, 1.165) is 89.7 Å². The number of anilines is 2. The van der Waals surface area contributed by atoms with Gasteiger partial charge in [0.25, 0.3) is 11.5 Å². The SMILES string of the molecule is C1=Cc2cc3ccc(cc4ccc(cc5nc(cc1n2)C=C5)[nH]4)[nH]3.C1=Cc2cc3ccc(cc4ccc(cc5nc(cc1n2)C=C5)[nH]4)[nH]3.Nc1nc2ncc(CNc3ccc(C(=O)N[C@@H](CCC(=O)O)C(=O)O)cc3)nc2c(=O)[nH]1. The van der Waals surface area contributed by atoms with Gasteiger partial charge in [-0.3, -0.25) is 19.4 Å². The number of carboxylic acids is 2. The summed E-state index contributed by atoms with van der Waals surface area (Å²) in [6.45, 7) is 0.231. The highest BCUT2D eigenvalue weighted by molar-refractivity contribution is 5.97. The fourth-order valence-electron chi connectivity index (χ4n) is 8.64. The van der Waals surface area contributed by atoms with Crippen LogP contribution in [0.1, 0.15) is 74.4 Å². The molecule has 1 amide bonds. The number of carboxylic acid groups (broad SMARTS) is 2. The van der Waals surface area contributed by atoms with E-state index < -0.39 is 29.4 Å². The van der Waals surface area contributed by atoms with Crippen molar-refractivity contribution in [2.24, 2.45) is 0 Å². The third kappa shape index (κ3) is 12.8. The van der Waals surface area contributed by atoms with Crippen LogP contribution in [0.15, 0.2) is 132 Å². The molecule has 16 bridgehead atoms. The fourth-order valence-corrected chi connectivity index (χ4v) is 8.64. The van der Waals surface area contributed by atoms with Gasteiger partial charge < -0.3 is 46.5 Å². The van der Waals surface area contributed by atoms with E-state index in [0.29, 0.717) is 11.4 Å². The Hall–Kier alpha value is -11.3.